The number of fused-ring (bicyclic) bond motifs is 1. The zero-order chi connectivity index (χ0) is 19.1. The molecule has 2 atom stereocenters. The lowest BCUT2D eigenvalue weighted by atomic mass is 9.86. The second kappa shape index (κ2) is 6.74. The van der Waals surface area contributed by atoms with Gasteiger partial charge < -0.3 is 9.64 Å². The van der Waals surface area contributed by atoms with Crippen LogP contribution in [-0.4, -0.2) is 52.9 Å². The zero-order valence-corrected chi connectivity index (χ0v) is 15.8. The van der Waals surface area contributed by atoms with Crippen LogP contribution in [0.4, 0.5) is 4.79 Å². The molecule has 26 heavy (non-hydrogen) atoms. The molecule has 0 spiro atoms. The number of rotatable bonds is 2. The van der Waals surface area contributed by atoms with Crippen molar-refractivity contribution in [1.82, 2.24) is 9.80 Å². The van der Waals surface area contributed by atoms with Crippen LogP contribution < -0.4 is 0 Å². The van der Waals surface area contributed by atoms with Crippen molar-refractivity contribution in [3.8, 4) is 0 Å². The first-order chi connectivity index (χ1) is 12.2. The minimum absolute atomic E-state index is 0.177. The first-order valence-corrected chi connectivity index (χ1v) is 9.10. The van der Waals surface area contributed by atoms with E-state index in [0.29, 0.717) is 30.8 Å². The minimum atomic E-state index is -0.517. The topological polar surface area (TPSA) is 66.9 Å². The van der Waals surface area contributed by atoms with E-state index in [1.165, 1.54) is 4.90 Å². The summed E-state index contributed by atoms with van der Waals surface area (Å²) in [4.78, 5) is 40.4. The Morgan fingerprint density at radius 1 is 1.15 bits per heavy atom. The Balaban J connectivity index is 1.62. The Morgan fingerprint density at radius 2 is 1.73 bits per heavy atom. The fraction of sp³-hybridized carbons (Fsp3) is 0.550. The van der Waals surface area contributed by atoms with Crippen molar-refractivity contribution >= 4 is 17.9 Å². The predicted octanol–water partition coefficient (Wildman–Crippen LogP) is 3.18. The minimum Gasteiger partial charge on any atom is -0.444 e. The predicted molar refractivity (Wildman–Crippen MR) is 96.9 cm³/mol. The molecule has 2 heterocycles. The van der Waals surface area contributed by atoms with Crippen molar-refractivity contribution in [2.24, 2.45) is 11.8 Å². The summed E-state index contributed by atoms with van der Waals surface area (Å²) >= 11 is 0. The Hall–Kier alpha value is -2.37. The van der Waals surface area contributed by atoms with Crippen LogP contribution in [0.25, 0.3) is 0 Å². The number of piperidine rings is 1. The molecule has 3 amide bonds. The number of likely N-dealkylation sites (tertiary alicyclic amines) is 1. The van der Waals surface area contributed by atoms with Gasteiger partial charge in [0.25, 0.3) is 11.8 Å². The van der Waals surface area contributed by atoms with Gasteiger partial charge in [0, 0.05) is 19.6 Å². The number of benzene rings is 1. The largest absolute Gasteiger partial charge is 0.444 e. The van der Waals surface area contributed by atoms with Gasteiger partial charge in [0.2, 0.25) is 0 Å². The van der Waals surface area contributed by atoms with Crippen LogP contribution in [0.3, 0.4) is 0 Å². The van der Waals surface area contributed by atoms with Gasteiger partial charge in [-0.15, -0.1) is 0 Å². The van der Waals surface area contributed by atoms with E-state index in [4.69, 9.17) is 4.74 Å². The van der Waals surface area contributed by atoms with Crippen LogP contribution in [0.5, 0.6) is 0 Å². The van der Waals surface area contributed by atoms with Crippen molar-refractivity contribution < 1.29 is 19.1 Å². The average Bonchev–Trinajstić information content (AvgIpc) is 2.80. The molecule has 0 N–H and O–H groups in total. The van der Waals surface area contributed by atoms with E-state index in [0.717, 1.165) is 6.42 Å². The van der Waals surface area contributed by atoms with Crippen LogP contribution in [0.2, 0.25) is 0 Å². The smallest absolute Gasteiger partial charge is 0.410 e. The molecule has 2 aliphatic rings. The Morgan fingerprint density at radius 3 is 2.23 bits per heavy atom. The summed E-state index contributed by atoms with van der Waals surface area (Å²) < 4.78 is 5.44. The molecule has 0 unspecified atom stereocenters. The molecule has 0 aromatic heterocycles. The lowest BCUT2D eigenvalue weighted by Crippen LogP contribution is -2.48. The maximum Gasteiger partial charge on any atom is 0.410 e. The van der Waals surface area contributed by atoms with E-state index in [1.54, 1.807) is 29.2 Å². The molecule has 1 aromatic carbocycles. The first-order valence-electron chi connectivity index (χ1n) is 9.10. The van der Waals surface area contributed by atoms with E-state index in [1.807, 2.05) is 20.8 Å². The number of carbonyl (C=O) groups is 3. The van der Waals surface area contributed by atoms with E-state index < -0.39 is 5.60 Å². The highest BCUT2D eigenvalue weighted by Crippen LogP contribution is 2.29. The number of amides is 3. The summed E-state index contributed by atoms with van der Waals surface area (Å²) in [6.45, 7) is 9.15. The van der Waals surface area contributed by atoms with Gasteiger partial charge in [-0.1, -0.05) is 19.1 Å². The summed E-state index contributed by atoms with van der Waals surface area (Å²) in [6, 6.07) is 6.94. The summed E-state index contributed by atoms with van der Waals surface area (Å²) in [7, 11) is 0. The van der Waals surface area contributed by atoms with Gasteiger partial charge in [0.1, 0.15) is 5.60 Å². The summed E-state index contributed by atoms with van der Waals surface area (Å²) in [5.41, 5.74) is 0.449. The van der Waals surface area contributed by atoms with E-state index >= 15 is 0 Å². The number of nitrogens with zero attached hydrogens (tertiary/aromatic N) is 2. The standard InChI is InChI=1S/C20H26N2O4/c1-13-11-21(19(25)26-20(2,3)4)10-9-14(13)12-22-17(23)15-7-5-6-8-16(15)18(22)24/h5-8,13-14H,9-12H2,1-4H3/t13-,14-/m1/s1. The molecule has 6 nitrogen and oxygen atoms in total. The van der Waals surface area contributed by atoms with Crippen LogP contribution in [0, 0.1) is 11.8 Å². The Kier molecular flexibility index (Phi) is 4.78. The lowest BCUT2D eigenvalue weighted by Gasteiger charge is -2.38. The molecule has 1 aromatic rings. The van der Waals surface area contributed by atoms with Crippen LogP contribution in [-0.2, 0) is 4.74 Å². The molecule has 140 valence electrons. The molecule has 1 fully saturated rings. The molecule has 0 saturated carbocycles. The SMILES string of the molecule is C[C@@H]1CN(C(=O)OC(C)(C)C)CC[C@@H]1CN1C(=O)c2ccccc2C1=O. The highest BCUT2D eigenvalue weighted by Gasteiger charge is 2.39. The number of imide groups is 1. The first kappa shape index (κ1) is 18.4. The van der Waals surface area contributed by atoms with Gasteiger partial charge in [-0.2, -0.15) is 0 Å². The molecule has 1 saturated heterocycles. The monoisotopic (exact) mass is 358 g/mol. The van der Waals surface area contributed by atoms with E-state index in [2.05, 4.69) is 6.92 Å². The van der Waals surface area contributed by atoms with Crippen molar-refractivity contribution in [2.75, 3.05) is 19.6 Å². The maximum atomic E-state index is 12.5. The Bertz CT molecular complexity index is 703. The van der Waals surface area contributed by atoms with Gasteiger partial charge in [-0.3, -0.25) is 14.5 Å². The average molecular weight is 358 g/mol. The second-order valence-electron chi connectivity index (χ2n) is 8.22. The molecule has 2 aliphatic heterocycles. The van der Waals surface area contributed by atoms with Gasteiger partial charge in [-0.05, 0) is 51.2 Å². The van der Waals surface area contributed by atoms with Gasteiger partial charge in [-0.25, -0.2) is 4.79 Å². The third kappa shape index (κ3) is 3.59. The number of ether oxygens (including phenoxy) is 1. The lowest BCUT2D eigenvalue weighted by molar-refractivity contribution is 0.00896. The van der Waals surface area contributed by atoms with Crippen molar-refractivity contribution in [2.45, 2.75) is 39.7 Å². The van der Waals surface area contributed by atoms with E-state index in [9.17, 15) is 14.4 Å². The molecular formula is C20H26N2O4. The normalized spacial score (nSPS) is 23.2. The summed E-state index contributed by atoms with van der Waals surface area (Å²) in [6.07, 6.45) is 0.442. The molecule has 0 aliphatic carbocycles. The highest BCUT2D eigenvalue weighted by molar-refractivity contribution is 6.21. The van der Waals surface area contributed by atoms with Gasteiger partial charge in [0.15, 0.2) is 0 Å². The highest BCUT2D eigenvalue weighted by atomic mass is 16.6. The quantitative estimate of drug-likeness (QED) is 0.762. The summed E-state index contributed by atoms with van der Waals surface area (Å²) in [5.74, 6) is -0.0729. The Labute approximate surface area is 154 Å². The maximum absolute atomic E-state index is 12.5. The zero-order valence-electron chi connectivity index (χ0n) is 15.8. The van der Waals surface area contributed by atoms with Crippen molar-refractivity contribution in [3.63, 3.8) is 0 Å². The third-order valence-electron chi connectivity index (χ3n) is 5.03. The van der Waals surface area contributed by atoms with Crippen molar-refractivity contribution in [1.29, 1.82) is 0 Å². The molecular weight excluding hydrogens is 332 g/mol. The summed E-state index contributed by atoms with van der Waals surface area (Å²) in [5, 5.41) is 0. The molecule has 0 radical (unpaired) electrons. The fourth-order valence-electron chi connectivity index (χ4n) is 3.60. The second-order valence-corrected chi connectivity index (χ2v) is 8.22. The molecule has 3 rings (SSSR count). The van der Waals surface area contributed by atoms with E-state index in [-0.39, 0.29) is 29.7 Å². The van der Waals surface area contributed by atoms with Crippen LogP contribution >= 0.6 is 0 Å². The number of hydrogen-bond acceptors (Lipinski definition) is 4. The molecule has 6 heteroatoms. The van der Waals surface area contributed by atoms with Crippen LogP contribution in [0.1, 0.15) is 54.8 Å². The molecule has 0 bridgehead atoms. The van der Waals surface area contributed by atoms with Crippen molar-refractivity contribution in [3.05, 3.63) is 35.4 Å². The van der Waals surface area contributed by atoms with Gasteiger partial charge in [0.05, 0.1) is 11.1 Å². The third-order valence-corrected chi connectivity index (χ3v) is 5.03. The number of hydrogen-bond donors (Lipinski definition) is 0. The number of carbonyl (C=O) groups excluding carboxylic acids is 3. The van der Waals surface area contributed by atoms with Gasteiger partial charge >= 0.3 is 6.09 Å². The van der Waals surface area contributed by atoms with Crippen LogP contribution in [0.15, 0.2) is 24.3 Å². The fourth-order valence-corrected chi connectivity index (χ4v) is 3.60.